The summed E-state index contributed by atoms with van der Waals surface area (Å²) in [5.74, 6) is 1.07. The predicted octanol–water partition coefficient (Wildman–Crippen LogP) is 4.98. The highest BCUT2D eigenvalue weighted by Crippen LogP contribution is 2.33. The fraction of sp³-hybridized carbons (Fsp3) is 0.474. The van der Waals surface area contributed by atoms with Crippen LogP contribution >= 0.6 is 0 Å². The quantitative estimate of drug-likeness (QED) is 0.810. The summed E-state index contributed by atoms with van der Waals surface area (Å²) >= 11 is 0. The van der Waals surface area contributed by atoms with E-state index in [0.717, 1.165) is 18.6 Å². The Morgan fingerprint density at radius 1 is 1.05 bits per heavy atom. The monoisotopic (exact) mass is 285 g/mol. The van der Waals surface area contributed by atoms with Crippen LogP contribution in [0.5, 0.6) is 0 Å². The van der Waals surface area contributed by atoms with Crippen LogP contribution in [0.1, 0.15) is 51.5 Å². The molecule has 2 heteroatoms. The Kier molecular flexibility index (Phi) is 5.24. The van der Waals surface area contributed by atoms with Crippen molar-refractivity contribution in [3.63, 3.8) is 0 Å². The SMILES string of the molecule is CC(CCc1ccco1)NC(c1ccccc1)C(C)(C)C. The van der Waals surface area contributed by atoms with E-state index in [9.17, 15) is 0 Å². The van der Waals surface area contributed by atoms with Crippen LogP contribution in [0.3, 0.4) is 0 Å². The Bertz CT molecular complexity index is 510. The molecule has 0 amide bonds. The fourth-order valence-electron chi connectivity index (χ4n) is 2.67. The van der Waals surface area contributed by atoms with Crippen molar-refractivity contribution < 1.29 is 4.42 Å². The van der Waals surface area contributed by atoms with Crippen LogP contribution < -0.4 is 5.32 Å². The molecule has 0 aliphatic carbocycles. The first-order chi connectivity index (χ1) is 9.97. The van der Waals surface area contributed by atoms with E-state index in [2.05, 4.69) is 63.3 Å². The highest BCUT2D eigenvalue weighted by Gasteiger charge is 2.27. The molecule has 21 heavy (non-hydrogen) atoms. The van der Waals surface area contributed by atoms with Gasteiger partial charge >= 0.3 is 0 Å². The van der Waals surface area contributed by atoms with Crippen molar-refractivity contribution in [3.8, 4) is 0 Å². The highest BCUT2D eigenvalue weighted by atomic mass is 16.3. The van der Waals surface area contributed by atoms with Gasteiger partial charge in [0.25, 0.3) is 0 Å². The van der Waals surface area contributed by atoms with E-state index in [1.807, 2.05) is 12.1 Å². The lowest BCUT2D eigenvalue weighted by atomic mass is 9.82. The minimum Gasteiger partial charge on any atom is -0.469 e. The molecule has 0 fully saturated rings. The molecular weight excluding hydrogens is 258 g/mol. The summed E-state index contributed by atoms with van der Waals surface area (Å²) in [6.07, 6.45) is 3.80. The molecule has 1 aromatic heterocycles. The van der Waals surface area contributed by atoms with Crippen molar-refractivity contribution in [2.45, 2.75) is 52.6 Å². The van der Waals surface area contributed by atoms with Gasteiger partial charge in [-0.05, 0) is 36.5 Å². The molecule has 1 aromatic carbocycles. The minimum atomic E-state index is 0.181. The van der Waals surface area contributed by atoms with Crippen LogP contribution in [0.2, 0.25) is 0 Å². The number of nitrogens with one attached hydrogen (secondary N) is 1. The first kappa shape index (κ1) is 15.8. The molecular formula is C19H27NO. The summed E-state index contributed by atoms with van der Waals surface area (Å²) in [5, 5.41) is 3.79. The maximum absolute atomic E-state index is 5.41. The number of rotatable bonds is 6. The average Bonchev–Trinajstić information content (AvgIpc) is 2.95. The van der Waals surface area contributed by atoms with Crippen LogP contribution in [-0.4, -0.2) is 6.04 Å². The van der Waals surface area contributed by atoms with Gasteiger partial charge in [-0.3, -0.25) is 0 Å². The third-order valence-corrected chi connectivity index (χ3v) is 3.85. The standard InChI is InChI=1S/C19H27NO/c1-15(12-13-17-11-8-14-21-17)20-18(19(2,3)4)16-9-6-5-7-10-16/h5-11,14-15,18,20H,12-13H2,1-4H3. The first-order valence-electron chi connectivity index (χ1n) is 7.80. The zero-order valence-corrected chi connectivity index (χ0v) is 13.6. The summed E-state index contributed by atoms with van der Waals surface area (Å²) in [5.41, 5.74) is 1.54. The molecule has 0 saturated carbocycles. The van der Waals surface area contributed by atoms with Crippen molar-refractivity contribution in [1.29, 1.82) is 0 Å². The lowest BCUT2D eigenvalue weighted by Crippen LogP contribution is -2.38. The van der Waals surface area contributed by atoms with Gasteiger partial charge in [-0.1, -0.05) is 51.1 Å². The zero-order valence-electron chi connectivity index (χ0n) is 13.6. The lowest BCUT2D eigenvalue weighted by Gasteiger charge is -2.34. The Balaban J connectivity index is 1.98. The molecule has 2 nitrogen and oxygen atoms in total. The Labute approximate surface area is 128 Å². The predicted molar refractivity (Wildman–Crippen MR) is 88.3 cm³/mol. The van der Waals surface area contributed by atoms with Crippen molar-refractivity contribution in [3.05, 3.63) is 60.1 Å². The average molecular weight is 285 g/mol. The zero-order chi connectivity index (χ0) is 15.3. The molecule has 0 saturated heterocycles. The number of hydrogen-bond donors (Lipinski definition) is 1. The van der Waals surface area contributed by atoms with Gasteiger partial charge < -0.3 is 9.73 Å². The Morgan fingerprint density at radius 3 is 2.33 bits per heavy atom. The van der Waals surface area contributed by atoms with Crippen LogP contribution in [0.25, 0.3) is 0 Å². The van der Waals surface area contributed by atoms with E-state index >= 15 is 0 Å². The molecule has 0 radical (unpaired) electrons. The van der Waals surface area contributed by atoms with Gasteiger partial charge in [0.1, 0.15) is 5.76 Å². The fourth-order valence-corrected chi connectivity index (χ4v) is 2.67. The normalized spacial score (nSPS) is 14.9. The van der Waals surface area contributed by atoms with E-state index in [1.165, 1.54) is 5.56 Å². The van der Waals surface area contributed by atoms with Gasteiger partial charge in [-0.15, -0.1) is 0 Å². The number of benzene rings is 1. The van der Waals surface area contributed by atoms with Crippen LogP contribution in [0.15, 0.2) is 53.1 Å². The van der Waals surface area contributed by atoms with Crippen LogP contribution in [-0.2, 0) is 6.42 Å². The second-order valence-electron chi connectivity index (χ2n) is 6.90. The van der Waals surface area contributed by atoms with Gasteiger partial charge in [0.2, 0.25) is 0 Å². The first-order valence-corrected chi connectivity index (χ1v) is 7.80. The Morgan fingerprint density at radius 2 is 1.76 bits per heavy atom. The lowest BCUT2D eigenvalue weighted by molar-refractivity contribution is 0.248. The maximum Gasteiger partial charge on any atom is 0.103 e. The molecule has 2 atom stereocenters. The Hall–Kier alpha value is -1.54. The molecule has 114 valence electrons. The summed E-state index contributed by atoms with van der Waals surface area (Å²) in [7, 11) is 0. The molecule has 0 spiro atoms. The molecule has 2 aromatic rings. The smallest absolute Gasteiger partial charge is 0.103 e. The van der Waals surface area contributed by atoms with Gasteiger partial charge in [-0.25, -0.2) is 0 Å². The highest BCUT2D eigenvalue weighted by molar-refractivity contribution is 5.21. The molecule has 2 unspecified atom stereocenters. The van der Waals surface area contributed by atoms with Crippen LogP contribution in [0, 0.1) is 5.41 Å². The van der Waals surface area contributed by atoms with Gasteiger partial charge in [0.15, 0.2) is 0 Å². The van der Waals surface area contributed by atoms with Gasteiger partial charge in [0.05, 0.1) is 6.26 Å². The van der Waals surface area contributed by atoms with E-state index in [-0.39, 0.29) is 5.41 Å². The summed E-state index contributed by atoms with van der Waals surface area (Å²) in [6, 6.07) is 15.5. The van der Waals surface area contributed by atoms with Gasteiger partial charge in [0, 0.05) is 18.5 Å². The molecule has 1 N–H and O–H groups in total. The van der Waals surface area contributed by atoms with E-state index in [1.54, 1.807) is 6.26 Å². The van der Waals surface area contributed by atoms with Crippen molar-refractivity contribution in [2.75, 3.05) is 0 Å². The van der Waals surface area contributed by atoms with Crippen molar-refractivity contribution >= 4 is 0 Å². The number of aryl methyl sites for hydroxylation is 1. The second-order valence-corrected chi connectivity index (χ2v) is 6.90. The summed E-state index contributed by atoms with van der Waals surface area (Å²) < 4.78 is 5.41. The maximum atomic E-state index is 5.41. The summed E-state index contributed by atoms with van der Waals surface area (Å²) in [6.45, 7) is 9.12. The van der Waals surface area contributed by atoms with Crippen molar-refractivity contribution in [1.82, 2.24) is 5.32 Å². The second kappa shape index (κ2) is 6.95. The largest absolute Gasteiger partial charge is 0.469 e. The number of hydrogen-bond acceptors (Lipinski definition) is 2. The van der Waals surface area contributed by atoms with Crippen LogP contribution in [0.4, 0.5) is 0 Å². The molecule has 2 rings (SSSR count). The van der Waals surface area contributed by atoms with Gasteiger partial charge in [-0.2, -0.15) is 0 Å². The van der Waals surface area contributed by atoms with E-state index in [0.29, 0.717) is 12.1 Å². The summed E-state index contributed by atoms with van der Waals surface area (Å²) in [4.78, 5) is 0. The molecule has 0 aliphatic heterocycles. The molecule has 0 aliphatic rings. The third-order valence-electron chi connectivity index (χ3n) is 3.85. The number of furan rings is 1. The third kappa shape index (κ3) is 4.75. The molecule has 1 heterocycles. The topological polar surface area (TPSA) is 25.2 Å². The van der Waals surface area contributed by atoms with Crippen molar-refractivity contribution in [2.24, 2.45) is 5.41 Å². The van der Waals surface area contributed by atoms with E-state index < -0.39 is 0 Å². The van der Waals surface area contributed by atoms with E-state index in [4.69, 9.17) is 4.42 Å². The molecule has 0 bridgehead atoms. The minimum absolute atomic E-state index is 0.181.